The number of hydrazone groups is 1. The maximum absolute atomic E-state index is 11.9. The Kier molecular flexibility index (Phi) is 8.28. The van der Waals surface area contributed by atoms with Crippen LogP contribution in [0.15, 0.2) is 31.8 Å². The van der Waals surface area contributed by atoms with Gasteiger partial charge in [-0.25, -0.2) is 15.3 Å². The van der Waals surface area contributed by atoms with E-state index in [-0.39, 0.29) is 16.9 Å². The molecule has 0 spiro atoms. The number of thioether (sulfide) groups is 1. The molecule has 1 aromatic heterocycles. The van der Waals surface area contributed by atoms with Gasteiger partial charge in [0.1, 0.15) is 0 Å². The number of nitrogens with one attached hydrogen (secondary N) is 3. The van der Waals surface area contributed by atoms with Crippen molar-refractivity contribution in [2.24, 2.45) is 5.10 Å². The predicted molar refractivity (Wildman–Crippen MR) is 110 cm³/mol. The van der Waals surface area contributed by atoms with Crippen molar-refractivity contribution in [1.29, 1.82) is 0 Å². The number of hydrogen-bond acceptors (Lipinski definition) is 8. The van der Waals surface area contributed by atoms with Crippen LogP contribution in [-0.4, -0.2) is 45.8 Å². The number of aromatic amines is 2. The fourth-order valence-electron chi connectivity index (χ4n) is 2.06. The first-order chi connectivity index (χ1) is 13.8. The summed E-state index contributed by atoms with van der Waals surface area (Å²) >= 11 is 7.14. The van der Waals surface area contributed by atoms with Gasteiger partial charge in [-0.2, -0.15) is 10.2 Å². The first kappa shape index (κ1) is 22.5. The van der Waals surface area contributed by atoms with Crippen molar-refractivity contribution in [3.63, 3.8) is 0 Å². The molecular formula is C17H20ClN5O5S. The summed E-state index contributed by atoms with van der Waals surface area (Å²) in [5.41, 5.74) is 1.54. The number of carbonyl (C=O) groups excluding carboxylic acids is 1. The van der Waals surface area contributed by atoms with Crippen LogP contribution in [-0.2, 0) is 4.79 Å². The summed E-state index contributed by atoms with van der Waals surface area (Å²) in [4.78, 5) is 36.3. The van der Waals surface area contributed by atoms with E-state index in [9.17, 15) is 14.4 Å². The van der Waals surface area contributed by atoms with E-state index in [1.807, 2.05) is 25.8 Å². The fourth-order valence-corrected chi connectivity index (χ4v) is 2.94. The molecule has 1 heterocycles. The van der Waals surface area contributed by atoms with Crippen molar-refractivity contribution >= 4 is 35.5 Å². The highest BCUT2D eigenvalue weighted by molar-refractivity contribution is 7.99. The van der Waals surface area contributed by atoms with E-state index in [4.69, 9.17) is 21.1 Å². The smallest absolute Gasteiger partial charge is 0.342 e. The van der Waals surface area contributed by atoms with Gasteiger partial charge in [0.2, 0.25) is 5.91 Å². The summed E-state index contributed by atoms with van der Waals surface area (Å²) in [6.07, 6.45) is 1.33. The molecule has 0 atom stereocenters. The van der Waals surface area contributed by atoms with Gasteiger partial charge in [-0.15, -0.1) is 0 Å². The molecule has 29 heavy (non-hydrogen) atoms. The third kappa shape index (κ3) is 6.95. The second-order valence-corrected chi connectivity index (χ2v) is 7.19. The van der Waals surface area contributed by atoms with Crippen LogP contribution in [0.1, 0.15) is 26.3 Å². The maximum atomic E-state index is 11.9. The number of carbonyl (C=O) groups is 1. The monoisotopic (exact) mass is 441 g/mol. The lowest BCUT2D eigenvalue weighted by atomic mass is 10.2. The first-order valence-corrected chi connectivity index (χ1v) is 9.93. The lowest BCUT2D eigenvalue weighted by Gasteiger charge is -2.16. The molecule has 0 radical (unpaired) electrons. The van der Waals surface area contributed by atoms with Gasteiger partial charge in [0.05, 0.1) is 29.7 Å². The van der Waals surface area contributed by atoms with Crippen LogP contribution in [0.3, 0.4) is 0 Å². The van der Waals surface area contributed by atoms with E-state index >= 15 is 0 Å². The second-order valence-electron chi connectivity index (χ2n) is 5.82. The number of amides is 1. The molecule has 0 saturated heterocycles. The van der Waals surface area contributed by atoms with Gasteiger partial charge >= 0.3 is 5.69 Å². The average Bonchev–Trinajstić information content (AvgIpc) is 2.64. The molecule has 3 N–H and O–H groups in total. The quantitative estimate of drug-likeness (QED) is 0.304. The molecule has 0 aliphatic rings. The number of rotatable bonds is 9. The van der Waals surface area contributed by atoms with Crippen molar-refractivity contribution in [3.05, 3.63) is 43.6 Å². The van der Waals surface area contributed by atoms with E-state index in [1.165, 1.54) is 6.21 Å². The van der Waals surface area contributed by atoms with E-state index in [2.05, 4.69) is 20.7 Å². The Morgan fingerprint density at radius 3 is 2.83 bits per heavy atom. The zero-order valence-electron chi connectivity index (χ0n) is 15.9. The number of halogens is 1. The molecule has 0 aliphatic carbocycles. The molecule has 10 nitrogen and oxygen atoms in total. The summed E-state index contributed by atoms with van der Waals surface area (Å²) in [5.74, 6) is 0.334. The van der Waals surface area contributed by atoms with Crippen LogP contribution in [0, 0.1) is 0 Å². The Morgan fingerprint density at radius 1 is 1.41 bits per heavy atom. The van der Waals surface area contributed by atoms with Crippen molar-refractivity contribution in [3.8, 4) is 11.5 Å². The van der Waals surface area contributed by atoms with E-state index in [1.54, 1.807) is 12.1 Å². The molecule has 2 rings (SSSR count). The molecule has 12 heteroatoms. The highest BCUT2D eigenvalue weighted by Gasteiger charge is 2.13. The molecule has 1 aromatic carbocycles. The van der Waals surface area contributed by atoms with E-state index < -0.39 is 17.2 Å². The third-order valence-corrected chi connectivity index (χ3v) is 4.35. The first-order valence-electron chi connectivity index (χ1n) is 8.56. The van der Waals surface area contributed by atoms with Crippen LogP contribution < -0.4 is 26.1 Å². The highest BCUT2D eigenvalue weighted by atomic mass is 35.5. The SMILES string of the molecule is CCOc1cc(/C=N/NC(=O)CSc2n[nH]c(=O)[nH]c2=O)cc(Cl)c1OC(C)C. The third-order valence-electron chi connectivity index (χ3n) is 3.11. The zero-order chi connectivity index (χ0) is 21.4. The molecule has 0 saturated carbocycles. The number of aromatic nitrogens is 3. The van der Waals surface area contributed by atoms with Crippen molar-refractivity contribution in [2.45, 2.75) is 31.9 Å². The standard InChI is InChI=1S/C17H20ClN5O5S/c1-4-27-12-6-10(5-11(18)14(12)28-9(2)3)7-19-21-13(24)8-29-16-15(25)20-17(26)23-22-16/h5-7,9H,4,8H2,1-3H3,(H,21,24)(H2,20,23,25,26)/b19-7+. The summed E-state index contributed by atoms with van der Waals surface area (Å²) in [5, 5.41) is 9.85. The topological polar surface area (TPSA) is 139 Å². The fraction of sp³-hybridized carbons (Fsp3) is 0.353. The number of ether oxygens (including phenoxy) is 2. The summed E-state index contributed by atoms with van der Waals surface area (Å²) in [6.45, 7) is 6.03. The van der Waals surface area contributed by atoms with Crippen LogP contribution in [0.4, 0.5) is 0 Å². The van der Waals surface area contributed by atoms with E-state index in [0.29, 0.717) is 28.7 Å². The Morgan fingerprint density at radius 2 is 2.17 bits per heavy atom. The minimum absolute atomic E-state index is 0.0300. The van der Waals surface area contributed by atoms with E-state index in [0.717, 1.165) is 11.8 Å². The summed E-state index contributed by atoms with van der Waals surface area (Å²) in [7, 11) is 0. The van der Waals surface area contributed by atoms with Gasteiger partial charge in [0.15, 0.2) is 16.5 Å². The molecule has 1 amide bonds. The van der Waals surface area contributed by atoms with Crippen LogP contribution in [0.2, 0.25) is 5.02 Å². The molecule has 0 unspecified atom stereocenters. The normalized spacial score (nSPS) is 11.1. The Bertz CT molecular complexity index is 1000. The van der Waals surface area contributed by atoms with Crippen LogP contribution >= 0.6 is 23.4 Å². The van der Waals surface area contributed by atoms with Crippen molar-refractivity contribution < 1.29 is 14.3 Å². The van der Waals surface area contributed by atoms with Gasteiger partial charge in [-0.3, -0.25) is 14.6 Å². The highest BCUT2D eigenvalue weighted by Crippen LogP contribution is 2.37. The molecule has 0 aliphatic heterocycles. The number of H-pyrrole nitrogens is 2. The predicted octanol–water partition coefficient (Wildman–Crippen LogP) is 1.54. The lowest BCUT2D eigenvalue weighted by molar-refractivity contribution is -0.118. The Labute approximate surface area is 175 Å². The van der Waals surface area contributed by atoms with Gasteiger partial charge in [0.25, 0.3) is 5.56 Å². The molecular weight excluding hydrogens is 422 g/mol. The Balaban J connectivity index is 2.00. The van der Waals surface area contributed by atoms with Crippen LogP contribution in [0.5, 0.6) is 11.5 Å². The van der Waals surface area contributed by atoms with Crippen molar-refractivity contribution in [1.82, 2.24) is 20.6 Å². The minimum Gasteiger partial charge on any atom is -0.490 e. The summed E-state index contributed by atoms with van der Waals surface area (Å²) < 4.78 is 11.3. The number of hydrogen-bond donors (Lipinski definition) is 3. The zero-order valence-corrected chi connectivity index (χ0v) is 17.5. The van der Waals surface area contributed by atoms with Gasteiger partial charge in [0, 0.05) is 0 Å². The summed E-state index contributed by atoms with van der Waals surface area (Å²) in [6, 6.07) is 3.33. The van der Waals surface area contributed by atoms with Gasteiger partial charge in [-0.05, 0) is 38.5 Å². The largest absolute Gasteiger partial charge is 0.490 e. The number of nitrogens with zero attached hydrogens (tertiary/aromatic N) is 2. The average molecular weight is 442 g/mol. The molecule has 156 valence electrons. The van der Waals surface area contributed by atoms with Crippen molar-refractivity contribution in [2.75, 3.05) is 12.4 Å². The second kappa shape index (κ2) is 10.7. The molecule has 0 bridgehead atoms. The van der Waals surface area contributed by atoms with Gasteiger partial charge in [-0.1, -0.05) is 23.4 Å². The molecule has 0 fully saturated rings. The van der Waals surface area contributed by atoms with Crippen LogP contribution in [0.25, 0.3) is 0 Å². The molecule has 2 aromatic rings. The number of benzene rings is 1. The van der Waals surface area contributed by atoms with Gasteiger partial charge < -0.3 is 9.47 Å². The maximum Gasteiger partial charge on any atom is 0.342 e. The lowest BCUT2D eigenvalue weighted by Crippen LogP contribution is -2.26. The Hall–Kier alpha value is -2.79. The minimum atomic E-state index is -0.719.